The van der Waals surface area contributed by atoms with Crippen LogP contribution in [0.25, 0.3) is 0 Å². The van der Waals surface area contributed by atoms with Gasteiger partial charge in [0.1, 0.15) is 5.60 Å². The first-order valence-corrected chi connectivity index (χ1v) is 5.29. The second kappa shape index (κ2) is 6.20. The van der Waals surface area contributed by atoms with Crippen molar-refractivity contribution >= 4 is 6.09 Å². The van der Waals surface area contributed by atoms with Crippen molar-refractivity contribution in [3.05, 3.63) is 24.0 Å². The second-order valence-corrected chi connectivity index (χ2v) is 4.56. The van der Waals surface area contributed by atoms with Crippen molar-refractivity contribution in [2.75, 3.05) is 6.54 Å². The number of ether oxygens (including phenoxy) is 1. The highest BCUT2D eigenvalue weighted by Gasteiger charge is 2.15. The van der Waals surface area contributed by atoms with Crippen LogP contribution in [0.3, 0.4) is 0 Å². The second-order valence-electron chi connectivity index (χ2n) is 4.56. The summed E-state index contributed by atoms with van der Waals surface area (Å²) in [6, 6.07) is 0. The normalized spacial score (nSPS) is 11.9. The van der Waals surface area contributed by atoms with Crippen molar-refractivity contribution in [1.29, 1.82) is 0 Å². The molecule has 0 radical (unpaired) electrons. The highest BCUT2D eigenvalue weighted by atomic mass is 16.6. The average Bonchev–Trinajstić information content (AvgIpc) is 2.12. The van der Waals surface area contributed by atoms with Crippen molar-refractivity contribution in [3.63, 3.8) is 0 Å². The molecule has 0 aliphatic heterocycles. The number of carbonyl (C=O) groups excluding carboxylic acids is 1. The van der Waals surface area contributed by atoms with Gasteiger partial charge < -0.3 is 15.4 Å². The van der Waals surface area contributed by atoms with E-state index >= 15 is 0 Å². The van der Waals surface area contributed by atoms with E-state index in [0.717, 1.165) is 11.4 Å². The lowest BCUT2D eigenvalue weighted by Gasteiger charge is -2.20. The molecule has 4 heteroatoms. The molecule has 0 saturated heterocycles. The van der Waals surface area contributed by atoms with Gasteiger partial charge in [-0.05, 0) is 34.6 Å². The zero-order chi connectivity index (χ0) is 12.8. The van der Waals surface area contributed by atoms with Crippen LogP contribution >= 0.6 is 0 Å². The number of carbonyl (C=O) groups is 1. The summed E-state index contributed by atoms with van der Waals surface area (Å²) in [6.07, 6.45) is 1.49. The molecule has 0 rings (SSSR count). The first-order chi connectivity index (χ1) is 7.24. The van der Waals surface area contributed by atoms with Gasteiger partial charge in [-0.15, -0.1) is 0 Å². The molecule has 0 unspecified atom stereocenters. The summed E-state index contributed by atoms with van der Waals surface area (Å²) in [5.41, 5.74) is 1.25. The molecule has 0 aliphatic rings. The van der Waals surface area contributed by atoms with Crippen molar-refractivity contribution in [2.45, 2.75) is 40.2 Å². The Morgan fingerprint density at radius 2 is 2.00 bits per heavy atom. The van der Waals surface area contributed by atoms with Gasteiger partial charge in [-0.3, -0.25) is 0 Å². The van der Waals surface area contributed by atoms with Gasteiger partial charge in [0.05, 0.1) is 6.54 Å². The summed E-state index contributed by atoms with van der Waals surface area (Å²) in [5, 5.41) is 5.66. The predicted molar refractivity (Wildman–Crippen MR) is 65.9 cm³/mol. The summed E-state index contributed by atoms with van der Waals surface area (Å²) in [6.45, 7) is 13.5. The third-order valence-corrected chi connectivity index (χ3v) is 1.65. The smallest absolute Gasteiger partial charge is 0.407 e. The first-order valence-electron chi connectivity index (χ1n) is 5.29. The lowest BCUT2D eigenvalue weighted by atomic mass is 10.2. The van der Waals surface area contributed by atoms with Crippen LogP contribution in [-0.2, 0) is 4.74 Å². The molecule has 0 atom stereocenters. The summed E-state index contributed by atoms with van der Waals surface area (Å²) < 4.78 is 5.09. The fourth-order valence-corrected chi connectivity index (χ4v) is 0.888. The van der Waals surface area contributed by atoms with Gasteiger partial charge in [0, 0.05) is 11.4 Å². The molecule has 0 aromatic rings. The van der Waals surface area contributed by atoms with Gasteiger partial charge in [0.25, 0.3) is 0 Å². The zero-order valence-electron chi connectivity index (χ0n) is 10.8. The summed E-state index contributed by atoms with van der Waals surface area (Å²) in [5.74, 6) is 0. The number of amides is 1. The third-order valence-electron chi connectivity index (χ3n) is 1.65. The van der Waals surface area contributed by atoms with Crippen LogP contribution in [0.4, 0.5) is 4.79 Å². The molecule has 0 aromatic carbocycles. The quantitative estimate of drug-likeness (QED) is 0.774. The Bertz CT molecular complexity index is 288. The number of rotatable bonds is 4. The maximum absolute atomic E-state index is 11.3. The molecule has 2 N–H and O–H groups in total. The Hall–Kier alpha value is -1.45. The molecule has 0 fully saturated rings. The van der Waals surface area contributed by atoms with Crippen LogP contribution in [0, 0.1) is 0 Å². The Balaban J connectivity index is 3.89. The van der Waals surface area contributed by atoms with Crippen LogP contribution in [-0.4, -0.2) is 18.2 Å². The third kappa shape index (κ3) is 7.91. The largest absolute Gasteiger partial charge is 0.444 e. The van der Waals surface area contributed by atoms with Gasteiger partial charge in [-0.25, -0.2) is 4.79 Å². The van der Waals surface area contributed by atoms with Gasteiger partial charge >= 0.3 is 6.09 Å². The van der Waals surface area contributed by atoms with E-state index in [4.69, 9.17) is 4.74 Å². The topological polar surface area (TPSA) is 50.4 Å². The van der Waals surface area contributed by atoms with Crippen molar-refractivity contribution < 1.29 is 9.53 Å². The Morgan fingerprint density at radius 1 is 1.44 bits per heavy atom. The van der Waals surface area contributed by atoms with Crippen LogP contribution in [0.15, 0.2) is 24.0 Å². The molecule has 0 bridgehead atoms. The van der Waals surface area contributed by atoms with Crippen LogP contribution in [0.5, 0.6) is 0 Å². The van der Waals surface area contributed by atoms with Gasteiger partial charge in [0.15, 0.2) is 0 Å². The first kappa shape index (κ1) is 14.6. The van der Waals surface area contributed by atoms with E-state index in [2.05, 4.69) is 17.2 Å². The molecule has 0 aromatic heterocycles. The minimum Gasteiger partial charge on any atom is -0.444 e. The minimum absolute atomic E-state index is 0.347. The standard InChI is InChI=1S/C12H22N2O2/c1-7-9(2)14-10(3)8-13-11(15)16-12(4,5)6/h7,14H,3,8H2,1-2,4-6H3,(H,13,15)/b9-7+. The van der Waals surface area contributed by atoms with Crippen molar-refractivity contribution in [1.82, 2.24) is 10.6 Å². The van der Waals surface area contributed by atoms with Crippen molar-refractivity contribution in [3.8, 4) is 0 Å². The van der Waals surface area contributed by atoms with Gasteiger partial charge in [-0.2, -0.15) is 0 Å². The highest BCUT2D eigenvalue weighted by Crippen LogP contribution is 2.06. The Labute approximate surface area is 97.7 Å². The molecule has 0 spiro atoms. The maximum atomic E-state index is 11.3. The fraction of sp³-hybridized carbons (Fsp3) is 0.583. The molecule has 16 heavy (non-hydrogen) atoms. The number of nitrogens with one attached hydrogen (secondary N) is 2. The van der Waals surface area contributed by atoms with E-state index in [-0.39, 0.29) is 0 Å². The molecular formula is C12H22N2O2. The molecule has 0 saturated carbocycles. The number of hydrogen-bond donors (Lipinski definition) is 2. The highest BCUT2D eigenvalue weighted by molar-refractivity contribution is 5.67. The molecule has 4 nitrogen and oxygen atoms in total. The molecule has 0 aliphatic carbocycles. The van der Waals surface area contributed by atoms with Gasteiger partial charge in [-0.1, -0.05) is 12.7 Å². The van der Waals surface area contributed by atoms with Crippen LogP contribution in [0.2, 0.25) is 0 Å². The summed E-state index contributed by atoms with van der Waals surface area (Å²) >= 11 is 0. The van der Waals surface area contributed by atoms with E-state index in [0.29, 0.717) is 6.54 Å². The number of allylic oxidation sites excluding steroid dienone is 2. The number of alkyl carbamates (subject to hydrolysis) is 1. The molecular weight excluding hydrogens is 204 g/mol. The van der Waals surface area contributed by atoms with Crippen LogP contribution in [0.1, 0.15) is 34.6 Å². The van der Waals surface area contributed by atoms with Gasteiger partial charge in [0.2, 0.25) is 0 Å². The van der Waals surface area contributed by atoms with Crippen LogP contribution < -0.4 is 10.6 Å². The zero-order valence-corrected chi connectivity index (χ0v) is 10.8. The lowest BCUT2D eigenvalue weighted by molar-refractivity contribution is 0.0532. The monoisotopic (exact) mass is 226 g/mol. The summed E-state index contributed by atoms with van der Waals surface area (Å²) in [7, 11) is 0. The van der Waals surface area contributed by atoms with E-state index in [1.807, 2.05) is 40.7 Å². The average molecular weight is 226 g/mol. The van der Waals surface area contributed by atoms with E-state index in [1.54, 1.807) is 0 Å². The lowest BCUT2D eigenvalue weighted by Crippen LogP contribution is -2.35. The Kier molecular flexibility index (Phi) is 5.64. The fourth-order valence-electron chi connectivity index (χ4n) is 0.888. The van der Waals surface area contributed by atoms with Crippen molar-refractivity contribution in [2.24, 2.45) is 0 Å². The predicted octanol–water partition coefficient (Wildman–Crippen LogP) is 2.54. The molecule has 1 amide bonds. The van der Waals surface area contributed by atoms with E-state index in [1.165, 1.54) is 0 Å². The summed E-state index contributed by atoms with van der Waals surface area (Å²) in [4.78, 5) is 11.3. The van der Waals surface area contributed by atoms with E-state index < -0.39 is 11.7 Å². The van der Waals surface area contributed by atoms with E-state index in [9.17, 15) is 4.79 Å². The molecule has 92 valence electrons. The molecule has 0 heterocycles. The maximum Gasteiger partial charge on any atom is 0.407 e. The SMILES string of the molecule is C=C(CNC(=O)OC(C)(C)C)N/C(C)=C/C. The Morgan fingerprint density at radius 3 is 2.44 bits per heavy atom. The number of hydrogen-bond acceptors (Lipinski definition) is 3. The minimum atomic E-state index is -0.474.